The summed E-state index contributed by atoms with van der Waals surface area (Å²) >= 11 is 1.18. The number of hydrogen-bond donors (Lipinski definition) is 1. The molecule has 1 atom stereocenters. The molecule has 1 N–H and O–H groups in total. The van der Waals surface area contributed by atoms with Crippen molar-refractivity contribution in [3.8, 4) is 5.75 Å². The van der Waals surface area contributed by atoms with Gasteiger partial charge in [-0.2, -0.15) is 0 Å². The first-order chi connectivity index (χ1) is 12.5. The molecule has 3 aromatic rings. The molecule has 2 heterocycles. The van der Waals surface area contributed by atoms with Crippen molar-refractivity contribution in [3.63, 3.8) is 0 Å². The van der Waals surface area contributed by atoms with Crippen LogP contribution in [0, 0.1) is 5.82 Å². The van der Waals surface area contributed by atoms with Crippen LogP contribution in [0.2, 0.25) is 0 Å². The van der Waals surface area contributed by atoms with E-state index < -0.39 is 6.10 Å². The van der Waals surface area contributed by atoms with Crippen molar-refractivity contribution < 1.29 is 18.7 Å². The second-order valence-electron chi connectivity index (χ2n) is 5.83. The summed E-state index contributed by atoms with van der Waals surface area (Å²) in [7, 11) is 0. The molecule has 0 spiro atoms. The fourth-order valence-corrected chi connectivity index (χ4v) is 3.68. The molecule has 132 valence electrons. The predicted octanol–water partition coefficient (Wildman–Crippen LogP) is 3.19. The standard InChI is InChI=1S/C18H14FN3O3S/c1-10-17(24)22(13-4-2-3-5-14(13)25-10)9-16(23)21-18-20-12-7-6-11(19)8-15(12)26-18/h2-8,10H,9H2,1H3,(H,20,21,23). The fourth-order valence-electron chi connectivity index (χ4n) is 2.78. The zero-order valence-electron chi connectivity index (χ0n) is 13.7. The van der Waals surface area contributed by atoms with Crippen LogP contribution in [0.4, 0.5) is 15.2 Å². The average Bonchev–Trinajstić information content (AvgIpc) is 3.00. The first kappa shape index (κ1) is 16.5. The van der Waals surface area contributed by atoms with Gasteiger partial charge in [0.2, 0.25) is 5.91 Å². The van der Waals surface area contributed by atoms with E-state index in [-0.39, 0.29) is 24.2 Å². The molecule has 0 bridgehead atoms. The van der Waals surface area contributed by atoms with Crippen LogP contribution in [0.15, 0.2) is 42.5 Å². The van der Waals surface area contributed by atoms with Crippen LogP contribution in [0.1, 0.15) is 6.92 Å². The number of nitrogens with zero attached hydrogens (tertiary/aromatic N) is 2. The lowest BCUT2D eigenvalue weighted by molar-refractivity contribution is -0.127. The highest BCUT2D eigenvalue weighted by molar-refractivity contribution is 7.22. The molecule has 0 radical (unpaired) electrons. The third-order valence-electron chi connectivity index (χ3n) is 3.97. The van der Waals surface area contributed by atoms with Crippen LogP contribution in [-0.2, 0) is 9.59 Å². The predicted molar refractivity (Wildman–Crippen MR) is 97.1 cm³/mol. The van der Waals surface area contributed by atoms with Crippen LogP contribution in [0.25, 0.3) is 10.2 Å². The van der Waals surface area contributed by atoms with Crippen molar-refractivity contribution in [1.82, 2.24) is 4.98 Å². The van der Waals surface area contributed by atoms with Crippen LogP contribution in [0.3, 0.4) is 0 Å². The van der Waals surface area contributed by atoms with Gasteiger partial charge in [-0.15, -0.1) is 0 Å². The lowest BCUT2D eigenvalue weighted by Crippen LogP contribution is -2.47. The smallest absolute Gasteiger partial charge is 0.268 e. The Morgan fingerprint density at radius 2 is 2.15 bits per heavy atom. The Morgan fingerprint density at radius 1 is 1.35 bits per heavy atom. The van der Waals surface area contributed by atoms with Crippen LogP contribution >= 0.6 is 11.3 Å². The van der Waals surface area contributed by atoms with Gasteiger partial charge in [0.05, 0.1) is 15.9 Å². The third-order valence-corrected chi connectivity index (χ3v) is 4.91. The highest BCUT2D eigenvalue weighted by Gasteiger charge is 2.32. The van der Waals surface area contributed by atoms with Crippen molar-refractivity contribution in [2.75, 3.05) is 16.8 Å². The van der Waals surface area contributed by atoms with E-state index in [2.05, 4.69) is 10.3 Å². The minimum atomic E-state index is -0.664. The Bertz CT molecular complexity index is 1020. The normalized spacial score (nSPS) is 16.3. The minimum absolute atomic E-state index is 0.159. The molecule has 1 aliphatic rings. The van der Waals surface area contributed by atoms with E-state index in [0.717, 1.165) is 0 Å². The number of ether oxygens (including phenoxy) is 1. The number of aromatic nitrogens is 1. The third kappa shape index (κ3) is 2.99. The van der Waals surface area contributed by atoms with Gasteiger partial charge < -0.3 is 10.1 Å². The maximum Gasteiger partial charge on any atom is 0.268 e. The van der Waals surface area contributed by atoms with Crippen molar-refractivity contribution in [1.29, 1.82) is 0 Å². The van der Waals surface area contributed by atoms with E-state index in [1.807, 2.05) is 0 Å². The van der Waals surface area contributed by atoms with Gasteiger partial charge in [-0.3, -0.25) is 14.5 Å². The number of nitrogens with one attached hydrogen (secondary N) is 1. The summed E-state index contributed by atoms with van der Waals surface area (Å²) < 4.78 is 19.5. The summed E-state index contributed by atoms with van der Waals surface area (Å²) in [6, 6.07) is 11.3. The van der Waals surface area contributed by atoms with Gasteiger partial charge in [-0.1, -0.05) is 23.5 Å². The van der Waals surface area contributed by atoms with Crippen molar-refractivity contribution >= 4 is 44.2 Å². The number of para-hydroxylation sites is 2. The summed E-state index contributed by atoms with van der Waals surface area (Å²) in [6.07, 6.45) is -0.664. The largest absolute Gasteiger partial charge is 0.479 e. The van der Waals surface area contributed by atoms with Gasteiger partial charge >= 0.3 is 0 Å². The zero-order chi connectivity index (χ0) is 18.3. The van der Waals surface area contributed by atoms with Crippen LogP contribution in [0.5, 0.6) is 5.75 Å². The highest BCUT2D eigenvalue weighted by Crippen LogP contribution is 2.33. The molecule has 8 heteroatoms. The van der Waals surface area contributed by atoms with E-state index in [1.165, 1.54) is 28.4 Å². The monoisotopic (exact) mass is 371 g/mol. The number of thiazole rings is 1. The number of carbonyl (C=O) groups excluding carboxylic acids is 2. The molecule has 2 amide bonds. The van der Waals surface area contributed by atoms with Gasteiger partial charge in [-0.05, 0) is 37.3 Å². The Morgan fingerprint density at radius 3 is 3.00 bits per heavy atom. The maximum absolute atomic E-state index is 13.3. The molecule has 1 unspecified atom stereocenters. The summed E-state index contributed by atoms with van der Waals surface area (Å²) in [5.41, 5.74) is 1.16. The zero-order valence-corrected chi connectivity index (χ0v) is 14.5. The molecule has 0 aliphatic carbocycles. The summed E-state index contributed by atoms with van der Waals surface area (Å²) in [5.74, 6) is -0.474. The molecule has 2 aromatic carbocycles. The summed E-state index contributed by atoms with van der Waals surface area (Å²) in [6.45, 7) is 1.49. The van der Waals surface area contributed by atoms with Gasteiger partial charge in [0.1, 0.15) is 18.1 Å². The molecular formula is C18H14FN3O3S. The van der Waals surface area contributed by atoms with Gasteiger partial charge in [0, 0.05) is 0 Å². The second kappa shape index (κ2) is 6.38. The topological polar surface area (TPSA) is 71.5 Å². The first-order valence-electron chi connectivity index (χ1n) is 7.94. The number of fused-ring (bicyclic) bond motifs is 2. The number of anilines is 2. The fraction of sp³-hybridized carbons (Fsp3) is 0.167. The van der Waals surface area contributed by atoms with Crippen molar-refractivity contribution in [2.24, 2.45) is 0 Å². The van der Waals surface area contributed by atoms with E-state index in [0.29, 0.717) is 26.8 Å². The maximum atomic E-state index is 13.3. The second-order valence-corrected chi connectivity index (χ2v) is 6.86. The van der Waals surface area contributed by atoms with Gasteiger partial charge in [-0.25, -0.2) is 9.37 Å². The minimum Gasteiger partial charge on any atom is -0.479 e. The number of benzene rings is 2. The first-order valence-corrected chi connectivity index (χ1v) is 8.76. The lowest BCUT2D eigenvalue weighted by atomic mass is 10.2. The van der Waals surface area contributed by atoms with Crippen LogP contribution in [-0.4, -0.2) is 29.4 Å². The van der Waals surface area contributed by atoms with Crippen molar-refractivity contribution in [2.45, 2.75) is 13.0 Å². The molecule has 6 nitrogen and oxygen atoms in total. The summed E-state index contributed by atoms with van der Waals surface area (Å²) in [5, 5.41) is 3.03. The number of amides is 2. The van der Waals surface area contributed by atoms with Gasteiger partial charge in [0.15, 0.2) is 11.2 Å². The average molecular weight is 371 g/mol. The van der Waals surface area contributed by atoms with Crippen molar-refractivity contribution in [3.05, 3.63) is 48.3 Å². The Balaban J connectivity index is 1.54. The lowest BCUT2D eigenvalue weighted by Gasteiger charge is -2.32. The number of halogens is 1. The van der Waals surface area contributed by atoms with Gasteiger partial charge in [0.25, 0.3) is 5.91 Å². The van der Waals surface area contributed by atoms with E-state index in [4.69, 9.17) is 4.74 Å². The molecule has 0 fully saturated rings. The molecular weight excluding hydrogens is 357 g/mol. The molecule has 0 saturated carbocycles. The SMILES string of the molecule is CC1Oc2ccccc2N(CC(=O)Nc2nc3ccc(F)cc3s2)C1=O. The Labute approximate surface area is 152 Å². The molecule has 0 saturated heterocycles. The molecule has 1 aliphatic heterocycles. The quantitative estimate of drug-likeness (QED) is 0.768. The highest BCUT2D eigenvalue weighted by atomic mass is 32.1. The Hall–Kier alpha value is -3.00. The number of rotatable bonds is 3. The summed E-state index contributed by atoms with van der Waals surface area (Å²) in [4.78, 5) is 30.5. The Kier molecular flexibility index (Phi) is 4.04. The number of hydrogen-bond acceptors (Lipinski definition) is 5. The van der Waals surface area contributed by atoms with E-state index >= 15 is 0 Å². The number of carbonyl (C=O) groups is 2. The van der Waals surface area contributed by atoms with Crippen LogP contribution < -0.4 is 15.0 Å². The van der Waals surface area contributed by atoms with E-state index in [1.54, 1.807) is 37.3 Å². The molecule has 26 heavy (non-hydrogen) atoms. The molecule has 4 rings (SSSR count). The van der Waals surface area contributed by atoms with E-state index in [9.17, 15) is 14.0 Å². The molecule has 1 aromatic heterocycles.